The summed E-state index contributed by atoms with van der Waals surface area (Å²) in [6.07, 6.45) is -0.853. The summed E-state index contributed by atoms with van der Waals surface area (Å²) >= 11 is 0. The minimum atomic E-state index is -0.715. The summed E-state index contributed by atoms with van der Waals surface area (Å²) in [6, 6.07) is 0. The smallest absolute Gasteiger partial charge is 0.435 e. The standard InChI is InChI=1S/C10H17NO4/c1-5-13-9(12)14-8-6-7(11-15-8)10(2,3)4/h8H,5-6H2,1-4H3. The molecule has 0 aromatic heterocycles. The summed E-state index contributed by atoms with van der Waals surface area (Å²) in [7, 11) is 0. The summed E-state index contributed by atoms with van der Waals surface area (Å²) in [4.78, 5) is 16.0. The lowest BCUT2D eigenvalue weighted by Crippen LogP contribution is -2.23. The molecule has 1 aliphatic rings. The molecule has 86 valence electrons. The van der Waals surface area contributed by atoms with E-state index in [0.29, 0.717) is 13.0 Å². The molecule has 0 fully saturated rings. The maximum absolute atomic E-state index is 11.0. The monoisotopic (exact) mass is 215 g/mol. The summed E-state index contributed by atoms with van der Waals surface area (Å²) in [5.41, 5.74) is 0.823. The Hall–Kier alpha value is -1.26. The van der Waals surface area contributed by atoms with Crippen molar-refractivity contribution in [2.45, 2.75) is 40.4 Å². The van der Waals surface area contributed by atoms with Crippen LogP contribution in [-0.2, 0) is 14.3 Å². The van der Waals surface area contributed by atoms with Crippen LogP contribution in [0.5, 0.6) is 0 Å². The Balaban J connectivity index is 2.38. The maximum Gasteiger partial charge on any atom is 0.511 e. The number of carbonyl (C=O) groups excluding carboxylic acids is 1. The van der Waals surface area contributed by atoms with Crippen LogP contribution in [0.1, 0.15) is 34.1 Å². The average Bonchev–Trinajstić information content (AvgIpc) is 2.52. The van der Waals surface area contributed by atoms with Crippen molar-refractivity contribution in [3.05, 3.63) is 0 Å². The van der Waals surface area contributed by atoms with Crippen molar-refractivity contribution in [3.63, 3.8) is 0 Å². The molecule has 0 bridgehead atoms. The molecule has 1 unspecified atom stereocenters. The number of nitrogens with zero attached hydrogens (tertiary/aromatic N) is 1. The summed E-state index contributed by atoms with van der Waals surface area (Å²) < 4.78 is 9.51. The fourth-order valence-corrected chi connectivity index (χ4v) is 1.12. The normalized spacial score (nSPS) is 20.5. The number of ether oxygens (including phenoxy) is 2. The molecule has 1 aliphatic heterocycles. The SMILES string of the molecule is CCOC(=O)OC1CC(C(C)(C)C)=NO1. The van der Waals surface area contributed by atoms with Gasteiger partial charge in [-0.05, 0) is 6.92 Å². The predicted octanol–water partition coefficient (Wildman–Crippen LogP) is 2.31. The van der Waals surface area contributed by atoms with Crippen molar-refractivity contribution in [1.29, 1.82) is 0 Å². The summed E-state index contributed by atoms with van der Waals surface area (Å²) in [5, 5.41) is 3.89. The zero-order valence-electron chi connectivity index (χ0n) is 9.57. The largest absolute Gasteiger partial charge is 0.511 e. The molecule has 0 aromatic rings. The van der Waals surface area contributed by atoms with E-state index in [4.69, 9.17) is 9.57 Å². The van der Waals surface area contributed by atoms with Gasteiger partial charge in [-0.2, -0.15) is 0 Å². The van der Waals surface area contributed by atoms with Crippen molar-refractivity contribution in [2.75, 3.05) is 6.61 Å². The molecular formula is C10H17NO4. The van der Waals surface area contributed by atoms with E-state index in [1.807, 2.05) is 20.8 Å². The van der Waals surface area contributed by atoms with Gasteiger partial charge in [0.25, 0.3) is 6.29 Å². The van der Waals surface area contributed by atoms with Crippen LogP contribution in [0.25, 0.3) is 0 Å². The second kappa shape index (κ2) is 4.51. The molecule has 1 heterocycles. The van der Waals surface area contributed by atoms with E-state index >= 15 is 0 Å². The lowest BCUT2D eigenvalue weighted by Gasteiger charge is -2.16. The van der Waals surface area contributed by atoms with Gasteiger partial charge in [0, 0.05) is 5.41 Å². The number of hydrogen-bond donors (Lipinski definition) is 0. The van der Waals surface area contributed by atoms with Gasteiger partial charge >= 0.3 is 6.16 Å². The molecule has 0 amide bonds. The second-order valence-corrected chi connectivity index (χ2v) is 4.33. The van der Waals surface area contributed by atoms with E-state index in [0.717, 1.165) is 5.71 Å². The fraction of sp³-hybridized carbons (Fsp3) is 0.800. The van der Waals surface area contributed by atoms with E-state index in [1.54, 1.807) is 6.92 Å². The van der Waals surface area contributed by atoms with E-state index in [2.05, 4.69) is 9.89 Å². The van der Waals surface area contributed by atoms with Crippen LogP contribution in [0.2, 0.25) is 0 Å². The second-order valence-electron chi connectivity index (χ2n) is 4.33. The van der Waals surface area contributed by atoms with Gasteiger partial charge in [-0.25, -0.2) is 4.79 Å². The molecule has 1 rings (SSSR count). The van der Waals surface area contributed by atoms with Gasteiger partial charge in [-0.15, -0.1) is 0 Å². The van der Waals surface area contributed by atoms with E-state index in [9.17, 15) is 4.79 Å². The first kappa shape index (κ1) is 11.8. The van der Waals surface area contributed by atoms with Crippen molar-refractivity contribution in [1.82, 2.24) is 0 Å². The van der Waals surface area contributed by atoms with Crippen molar-refractivity contribution < 1.29 is 19.1 Å². The third-order valence-electron chi connectivity index (χ3n) is 2.00. The highest BCUT2D eigenvalue weighted by Gasteiger charge is 2.31. The number of oxime groups is 1. The molecule has 5 heteroatoms. The molecule has 0 aromatic carbocycles. The van der Waals surface area contributed by atoms with Gasteiger partial charge in [0.2, 0.25) is 0 Å². The highest BCUT2D eigenvalue weighted by atomic mass is 16.8. The Bertz CT molecular complexity index is 267. The van der Waals surface area contributed by atoms with Crippen LogP contribution in [0, 0.1) is 5.41 Å². The van der Waals surface area contributed by atoms with E-state index < -0.39 is 12.4 Å². The Morgan fingerprint density at radius 3 is 2.73 bits per heavy atom. The minimum absolute atomic E-state index is 0.0627. The quantitative estimate of drug-likeness (QED) is 0.663. The van der Waals surface area contributed by atoms with Gasteiger partial charge in [0.05, 0.1) is 18.7 Å². The Kier molecular flexibility index (Phi) is 3.55. The molecule has 5 nitrogen and oxygen atoms in total. The van der Waals surface area contributed by atoms with Crippen LogP contribution in [0.3, 0.4) is 0 Å². The molecule has 0 N–H and O–H groups in total. The molecule has 0 saturated carbocycles. The van der Waals surface area contributed by atoms with Gasteiger partial charge in [-0.3, -0.25) is 0 Å². The Labute approximate surface area is 89.4 Å². The highest BCUT2D eigenvalue weighted by Crippen LogP contribution is 2.25. The lowest BCUT2D eigenvalue weighted by atomic mass is 9.88. The van der Waals surface area contributed by atoms with Crippen LogP contribution in [0.15, 0.2) is 5.16 Å². The number of hydrogen-bond acceptors (Lipinski definition) is 5. The molecule has 0 aliphatic carbocycles. The van der Waals surface area contributed by atoms with Gasteiger partial charge in [-0.1, -0.05) is 25.9 Å². The van der Waals surface area contributed by atoms with Crippen molar-refractivity contribution in [3.8, 4) is 0 Å². The number of rotatable bonds is 2. The van der Waals surface area contributed by atoms with Gasteiger partial charge in [0.15, 0.2) is 0 Å². The van der Waals surface area contributed by atoms with E-state index in [-0.39, 0.29) is 5.41 Å². The Morgan fingerprint density at radius 1 is 1.60 bits per heavy atom. The average molecular weight is 215 g/mol. The van der Waals surface area contributed by atoms with Crippen LogP contribution in [0.4, 0.5) is 4.79 Å². The van der Waals surface area contributed by atoms with Crippen LogP contribution < -0.4 is 0 Å². The number of carbonyl (C=O) groups is 1. The predicted molar refractivity (Wildman–Crippen MR) is 54.5 cm³/mol. The zero-order valence-corrected chi connectivity index (χ0v) is 9.57. The van der Waals surface area contributed by atoms with Gasteiger partial charge < -0.3 is 14.3 Å². The zero-order chi connectivity index (χ0) is 11.5. The molecule has 0 radical (unpaired) electrons. The third-order valence-corrected chi connectivity index (χ3v) is 2.00. The van der Waals surface area contributed by atoms with Gasteiger partial charge in [0.1, 0.15) is 0 Å². The van der Waals surface area contributed by atoms with Crippen molar-refractivity contribution in [2.24, 2.45) is 10.6 Å². The highest BCUT2D eigenvalue weighted by molar-refractivity contribution is 5.90. The minimum Gasteiger partial charge on any atom is -0.435 e. The van der Waals surface area contributed by atoms with Crippen molar-refractivity contribution >= 4 is 11.9 Å². The first-order valence-corrected chi connectivity index (χ1v) is 5.00. The molecular weight excluding hydrogens is 198 g/mol. The topological polar surface area (TPSA) is 57.1 Å². The maximum atomic E-state index is 11.0. The fourth-order valence-electron chi connectivity index (χ4n) is 1.12. The summed E-state index contributed by atoms with van der Waals surface area (Å²) in [6.45, 7) is 8.10. The molecule has 15 heavy (non-hydrogen) atoms. The van der Waals surface area contributed by atoms with E-state index in [1.165, 1.54) is 0 Å². The summed E-state index contributed by atoms with van der Waals surface area (Å²) in [5.74, 6) is 0. The van der Waals surface area contributed by atoms with Crippen LogP contribution in [-0.4, -0.2) is 24.8 Å². The third kappa shape index (κ3) is 3.42. The lowest BCUT2D eigenvalue weighted by molar-refractivity contribution is -0.104. The molecule has 0 saturated heterocycles. The Morgan fingerprint density at radius 2 is 2.27 bits per heavy atom. The molecule has 0 spiro atoms. The first-order chi connectivity index (χ1) is 6.93. The first-order valence-electron chi connectivity index (χ1n) is 5.00. The van der Waals surface area contributed by atoms with Crippen LogP contribution >= 0.6 is 0 Å². The molecule has 1 atom stereocenters.